The lowest BCUT2D eigenvalue weighted by molar-refractivity contribution is 0.477. The second kappa shape index (κ2) is 5.82. The average molecular weight is 316 g/mol. The van der Waals surface area contributed by atoms with Gasteiger partial charge in [-0.25, -0.2) is 21.9 Å². The topological polar surface area (TPSA) is 85.3 Å². The molecule has 0 saturated carbocycles. The lowest BCUT2D eigenvalue weighted by Crippen LogP contribution is -2.34. The number of benzene rings is 1. The number of hydrogen-bond acceptors (Lipinski definition) is 4. The third-order valence-electron chi connectivity index (χ3n) is 2.82. The average Bonchev–Trinajstić information content (AvgIpc) is 2.87. The summed E-state index contributed by atoms with van der Waals surface area (Å²) < 4.78 is 58.4. The first-order valence-electron chi connectivity index (χ1n) is 6.09. The Morgan fingerprint density at radius 1 is 1.33 bits per heavy atom. The molecule has 0 aliphatic heterocycles. The highest BCUT2D eigenvalue weighted by Gasteiger charge is 2.24. The molecular formula is C13H14F2N2O3S. The van der Waals surface area contributed by atoms with E-state index in [-0.39, 0.29) is 0 Å². The quantitative estimate of drug-likeness (QED) is 0.827. The normalized spacial score (nSPS) is 13.3. The van der Waals surface area contributed by atoms with Gasteiger partial charge in [0, 0.05) is 12.5 Å². The van der Waals surface area contributed by atoms with E-state index in [0.29, 0.717) is 12.2 Å². The lowest BCUT2D eigenvalue weighted by atomic mass is 10.2. The molecule has 0 amide bonds. The Kier molecular flexibility index (Phi) is 4.29. The van der Waals surface area contributed by atoms with Crippen molar-refractivity contribution in [2.24, 2.45) is 0 Å². The predicted octanol–water partition coefficient (Wildman–Crippen LogP) is 2.05. The van der Waals surface area contributed by atoms with E-state index < -0.39 is 38.3 Å². The molecule has 3 N–H and O–H groups in total. The molecule has 0 aliphatic carbocycles. The fraction of sp³-hybridized carbons (Fsp3) is 0.231. The zero-order valence-corrected chi connectivity index (χ0v) is 12.0. The van der Waals surface area contributed by atoms with Gasteiger partial charge in [-0.2, -0.15) is 0 Å². The summed E-state index contributed by atoms with van der Waals surface area (Å²) in [5.41, 5.74) is 4.34. The Labute approximate surface area is 120 Å². The Balaban J connectivity index is 2.20. The number of sulfonamides is 1. The summed E-state index contributed by atoms with van der Waals surface area (Å²) in [6.45, 7) is 1.60. The largest absolute Gasteiger partial charge is 0.469 e. The molecule has 0 radical (unpaired) electrons. The van der Waals surface area contributed by atoms with Gasteiger partial charge >= 0.3 is 0 Å². The molecule has 2 aromatic rings. The van der Waals surface area contributed by atoms with Crippen LogP contribution in [0.2, 0.25) is 0 Å². The highest BCUT2D eigenvalue weighted by atomic mass is 32.2. The Morgan fingerprint density at radius 2 is 2.05 bits per heavy atom. The maximum atomic E-state index is 13.8. The minimum Gasteiger partial charge on any atom is -0.469 e. The highest BCUT2D eigenvalue weighted by Crippen LogP contribution is 2.23. The van der Waals surface area contributed by atoms with Crippen molar-refractivity contribution < 1.29 is 21.6 Å². The molecule has 0 saturated heterocycles. The predicted molar refractivity (Wildman–Crippen MR) is 73.0 cm³/mol. The molecule has 1 unspecified atom stereocenters. The van der Waals surface area contributed by atoms with Crippen molar-refractivity contribution in [2.75, 3.05) is 5.73 Å². The van der Waals surface area contributed by atoms with Gasteiger partial charge in [-0.3, -0.25) is 0 Å². The van der Waals surface area contributed by atoms with Crippen LogP contribution in [0.4, 0.5) is 14.5 Å². The SMILES string of the molecule is CC(Cc1ccco1)NS(=O)(=O)c1ccc(F)c(N)c1F. The number of rotatable bonds is 5. The summed E-state index contributed by atoms with van der Waals surface area (Å²) >= 11 is 0. The van der Waals surface area contributed by atoms with Crippen LogP contribution in [0, 0.1) is 11.6 Å². The molecule has 2 rings (SSSR count). The molecule has 0 aliphatic rings. The molecule has 0 spiro atoms. The molecule has 8 heteroatoms. The Morgan fingerprint density at radius 3 is 2.67 bits per heavy atom. The van der Waals surface area contributed by atoms with Crippen molar-refractivity contribution in [3.8, 4) is 0 Å². The first kappa shape index (κ1) is 15.5. The highest BCUT2D eigenvalue weighted by molar-refractivity contribution is 7.89. The molecular weight excluding hydrogens is 302 g/mol. The molecule has 1 aromatic carbocycles. The van der Waals surface area contributed by atoms with Crippen LogP contribution in [-0.4, -0.2) is 14.5 Å². The van der Waals surface area contributed by atoms with Gasteiger partial charge in [0.25, 0.3) is 0 Å². The van der Waals surface area contributed by atoms with Crippen LogP contribution in [0.3, 0.4) is 0 Å². The lowest BCUT2D eigenvalue weighted by Gasteiger charge is -2.14. The van der Waals surface area contributed by atoms with Crippen LogP contribution < -0.4 is 10.5 Å². The summed E-state index contributed by atoms with van der Waals surface area (Å²) in [7, 11) is -4.15. The van der Waals surface area contributed by atoms with E-state index in [1.807, 2.05) is 0 Å². The standard InChI is InChI=1S/C13H14F2N2O3S/c1-8(7-9-3-2-6-20-9)17-21(18,19)11-5-4-10(14)13(16)12(11)15/h2-6,8,17H,7,16H2,1H3. The van der Waals surface area contributed by atoms with Gasteiger partial charge in [0.05, 0.1) is 6.26 Å². The molecule has 114 valence electrons. The van der Waals surface area contributed by atoms with Gasteiger partial charge in [0.2, 0.25) is 10.0 Å². The maximum absolute atomic E-state index is 13.8. The van der Waals surface area contributed by atoms with Gasteiger partial charge in [0.1, 0.15) is 22.2 Å². The van der Waals surface area contributed by atoms with Crippen molar-refractivity contribution in [3.05, 3.63) is 47.9 Å². The number of halogens is 2. The molecule has 0 fully saturated rings. The third-order valence-corrected chi connectivity index (χ3v) is 4.43. The van der Waals surface area contributed by atoms with Gasteiger partial charge in [-0.05, 0) is 31.2 Å². The fourth-order valence-corrected chi connectivity index (χ4v) is 3.19. The molecule has 5 nitrogen and oxygen atoms in total. The van der Waals surface area contributed by atoms with Crippen LogP contribution >= 0.6 is 0 Å². The van der Waals surface area contributed by atoms with E-state index in [0.717, 1.165) is 12.1 Å². The van der Waals surface area contributed by atoms with Crippen LogP contribution in [0.25, 0.3) is 0 Å². The van der Waals surface area contributed by atoms with Gasteiger partial charge in [-0.15, -0.1) is 0 Å². The summed E-state index contributed by atoms with van der Waals surface area (Å²) in [4.78, 5) is -0.687. The molecule has 1 aromatic heterocycles. The van der Waals surface area contributed by atoms with Crippen LogP contribution in [0.15, 0.2) is 39.8 Å². The number of nitrogen functional groups attached to an aromatic ring is 1. The van der Waals surface area contributed by atoms with Crippen molar-refractivity contribution in [1.29, 1.82) is 0 Å². The Bertz CT molecular complexity index is 730. The smallest absolute Gasteiger partial charge is 0.243 e. The van der Waals surface area contributed by atoms with E-state index in [1.54, 1.807) is 19.1 Å². The number of furan rings is 1. The first-order chi connectivity index (χ1) is 9.81. The minimum atomic E-state index is -4.15. The molecule has 0 bridgehead atoms. The molecule has 21 heavy (non-hydrogen) atoms. The van der Waals surface area contributed by atoms with Crippen LogP contribution in [0.1, 0.15) is 12.7 Å². The van der Waals surface area contributed by atoms with E-state index in [2.05, 4.69) is 4.72 Å². The number of nitrogens with two attached hydrogens (primary N) is 1. The van der Waals surface area contributed by atoms with Gasteiger partial charge in [-0.1, -0.05) is 0 Å². The summed E-state index contributed by atoms with van der Waals surface area (Å²) in [6.07, 6.45) is 1.77. The second-order valence-corrected chi connectivity index (χ2v) is 6.26. The zero-order valence-electron chi connectivity index (χ0n) is 11.1. The van der Waals surface area contributed by atoms with Crippen LogP contribution in [0.5, 0.6) is 0 Å². The minimum absolute atomic E-state index is 0.296. The molecule has 1 atom stereocenters. The first-order valence-corrected chi connectivity index (χ1v) is 7.58. The number of nitrogens with one attached hydrogen (secondary N) is 1. The van der Waals surface area contributed by atoms with Gasteiger partial charge < -0.3 is 10.2 Å². The van der Waals surface area contributed by atoms with E-state index in [9.17, 15) is 17.2 Å². The second-order valence-electron chi connectivity index (χ2n) is 4.58. The van der Waals surface area contributed by atoms with Crippen molar-refractivity contribution in [3.63, 3.8) is 0 Å². The zero-order chi connectivity index (χ0) is 15.6. The monoisotopic (exact) mass is 316 g/mol. The van der Waals surface area contributed by atoms with Crippen molar-refractivity contribution >= 4 is 15.7 Å². The van der Waals surface area contributed by atoms with E-state index in [1.165, 1.54) is 6.26 Å². The third kappa shape index (κ3) is 3.40. The van der Waals surface area contributed by atoms with Crippen molar-refractivity contribution in [2.45, 2.75) is 24.3 Å². The Hall–Kier alpha value is -1.93. The number of hydrogen-bond donors (Lipinski definition) is 2. The van der Waals surface area contributed by atoms with Crippen LogP contribution in [-0.2, 0) is 16.4 Å². The number of anilines is 1. The van der Waals surface area contributed by atoms with E-state index in [4.69, 9.17) is 10.2 Å². The van der Waals surface area contributed by atoms with Gasteiger partial charge in [0.15, 0.2) is 5.82 Å². The molecule has 1 heterocycles. The summed E-state index contributed by atoms with van der Waals surface area (Å²) in [5.74, 6) is -1.72. The van der Waals surface area contributed by atoms with Crippen molar-refractivity contribution in [1.82, 2.24) is 4.72 Å². The summed E-state index contributed by atoms with van der Waals surface area (Å²) in [5, 5.41) is 0. The maximum Gasteiger partial charge on any atom is 0.243 e. The van der Waals surface area contributed by atoms with E-state index >= 15 is 0 Å². The fourth-order valence-electron chi connectivity index (χ4n) is 1.86. The summed E-state index contributed by atoms with van der Waals surface area (Å²) in [6, 6.07) is 4.48.